The van der Waals surface area contributed by atoms with Crippen molar-refractivity contribution >= 4 is 29.7 Å². The molecule has 1 aromatic carbocycles. The van der Waals surface area contributed by atoms with Crippen molar-refractivity contribution in [1.29, 1.82) is 0 Å². The van der Waals surface area contributed by atoms with E-state index in [0.717, 1.165) is 18.7 Å². The van der Waals surface area contributed by atoms with Gasteiger partial charge in [-0.05, 0) is 44.6 Å². The molecule has 122 valence electrons. The number of anilines is 1. The van der Waals surface area contributed by atoms with E-state index >= 15 is 0 Å². The summed E-state index contributed by atoms with van der Waals surface area (Å²) in [5.41, 5.74) is 2.26. The van der Waals surface area contributed by atoms with Crippen LogP contribution in [0.1, 0.15) is 18.4 Å². The average molecular weight is 329 g/mol. The monoisotopic (exact) mass is 329 g/mol. The fourth-order valence-corrected chi connectivity index (χ4v) is 3.89. The summed E-state index contributed by atoms with van der Waals surface area (Å²) in [6.45, 7) is 5.91. The molecule has 3 rings (SSSR count). The third-order valence-corrected chi connectivity index (χ3v) is 5.34. The molecule has 0 radical (unpaired) electrons. The van der Waals surface area contributed by atoms with Crippen LogP contribution in [0, 0.1) is 0 Å². The lowest BCUT2D eigenvalue weighted by atomic mass is 10.0. The summed E-state index contributed by atoms with van der Waals surface area (Å²) in [4.78, 5) is 19.4. The van der Waals surface area contributed by atoms with Crippen LogP contribution < -0.4 is 19.7 Å². The number of para-hydroxylation sites is 1. The average Bonchev–Trinajstić information content (AvgIpc) is 2.85. The molecule has 23 heavy (non-hydrogen) atoms. The number of H-pyrrole nitrogens is 1. The van der Waals surface area contributed by atoms with E-state index in [9.17, 15) is 4.79 Å². The van der Waals surface area contributed by atoms with Gasteiger partial charge in [0.15, 0.2) is 0 Å². The van der Waals surface area contributed by atoms with E-state index in [0.29, 0.717) is 15.2 Å². The molecule has 1 aromatic heterocycles. The minimum atomic E-state index is -0.0545. The van der Waals surface area contributed by atoms with E-state index in [1.54, 1.807) is 0 Å². The number of nitrogens with zero attached hydrogens (tertiary/aromatic N) is 2. The van der Waals surface area contributed by atoms with Gasteiger partial charge in [0.2, 0.25) is 0 Å². The second-order valence-electron chi connectivity index (χ2n) is 6.23. The Morgan fingerprint density at radius 2 is 2.00 bits per heavy atom. The van der Waals surface area contributed by atoms with Gasteiger partial charge in [-0.15, -0.1) is 11.3 Å². The summed E-state index contributed by atoms with van der Waals surface area (Å²) in [7, 11) is 4.31. The van der Waals surface area contributed by atoms with Crippen LogP contribution in [0.4, 0.5) is 5.69 Å². The summed E-state index contributed by atoms with van der Waals surface area (Å²) in [6, 6.07) is 8.98. The second-order valence-corrected chi connectivity index (χ2v) is 7.37. The normalized spacial score (nSPS) is 17.2. The van der Waals surface area contributed by atoms with Gasteiger partial charge in [0, 0.05) is 24.8 Å². The summed E-state index contributed by atoms with van der Waals surface area (Å²) < 4.78 is 1.41. The quantitative estimate of drug-likeness (QED) is 0.920. The molecule has 0 spiro atoms. The van der Waals surface area contributed by atoms with E-state index in [4.69, 9.17) is 0 Å². The molecule has 1 saturated heterocycles. The summed E-state index contributed by atoms with van der Waals surface area (Å²) in [6.07, 6.45) is 4.32. The smallest absolute Gasteiger partial charge is 0.266 e. The number of hydrogen-bond donors (Lipinski definition) is 1. The molecule has 0 unspecified atom stereocenters. The number of aromatic amines is 1. The Kier molecular flexibility index (Phi) is 4.68. The highest BCUT2D eigenvalue weighted by Crippen LogP contribution is 2.25. The van der Waals surface area contributed by atoms with Crippen LogP contribution in [0.5, 0.6) is 0 Å². The number of benzene rings is 1. The topological polar surface area (TPSA) is 39.3 Å². The Bertz CT molecular complexity index is 828. The lowest BCUT2D eigenvalue weighted by Gasteiger charge is -2.37. The zero-order chi connectivity index (χ0) is 16.4. The Morgan fingerprint density at radius 3 is 2.61 bits per heavy atom. The highest BCUT2D eigenvalue weighted by molar-refractivity contribution is 7.07. The van der Waals surface area contributed by atoms with E-state index in [-0.39, 0.29) is 5.56 Å². The van der Waals surface area contributed by atoms with Crippen molar-refractivity contribution in [2.75, 3.05) is 32.1 Å². The molecule has 1 fully saturated rings. The molecule has 0 aliphatic carbocycles. The highest BCUT2D eigenvalue weighted by atomic mass is 32.1. The van der Waals surface area contributed by atoms with Gasteiger partial charge in [0.25, 0.3) is 5.56 Å². The Balaban J connectivity index is 1.91. The number of piperidine rings is 1. The highest BCUT2D eigenvalue weighted by Gasteiger charge is 2.21. The van der Waals surface area contributed by atoms with Gasteiger partial charge in [-0.1, -0.05) is 24.8 Å². The Labute approximate surface area is 140 Å². The molecule has 0 saturated carbocycles. The number of nitrogens with one attached hydrogen (secondary N) is 1. The van der Waals surface area contributed by atoms with Gasteiger partial charge in [0.1, 0.15) is 0 Å². The third kappa shape index (κ3) is 3.57. The molecule has 0 bridgehead atoms. The first-order chi connectivity index (χ1) is 11.0. The van der Waals surface area contributed by atoms with Crippen LogP contribution in [0.2, 0.25) is 0 Å². The first-order valence-electron chi connectivity index (χ1n) is 7.95. The van der Waals surface area contributed by atoms with Crippen molar-refractivity contribution in [3.63, 3.8) is 0 Å². The van der Waals surface area contributed by atoms with E-state index in [2.05, 4.69) is 53.7 Å². The zero-order valence-corrected chi connectivity index (χ0v) is 14.5. The maximum atomic E-state index is 11.9. The minimum absolute atomic E-state index is 0.0545. The molecule has 2 aromatic rings. The molecule has 4 nitrogen and oxygen atoms in total. The van der Waals surface area contributed by atoms with Gasteiger partial charge in [-0.3, -0.25) is 4.79 Å². The first-order valence-corrected chi connectivity index (χ1v) is 8.76. The lowest BCUT2D eigenvalue weighted by molar-refractivity contribution is 0.249. The molecule has 1 N–H and O–H groups in total. The van der Waals surface area contributed by atoms with E-state index in [1.165, 1.54) is 29.9 Å². The standard InChI is InChI=1S/C18H23N3OS/c1-13-19-18(22)17(23-13)12-14-6-4-5-7-16(14)21-10-8-15(9-11-21)20(2)3/h4-7,12,15H,1,8-11H2,2-3H3,(H,19,22). The summed E-state index contributed by atoms with van der Waals surface area (Å²) in [5.74, 6) is 0. The van der Waals surface area contributed by atoms with Gasteiger partial charge in [0.05, 0.1) is 9.20 Å². The number of hydrogen-bond acceptors (Lipinski definition) is 4. The van der Waals surface area contributed by atoms with Crippen molar-refractivity contribution in [3.8, 4) is 0 Å². The number of aromatic nitrogens is 1. The molecule has 2 heterocycles. The van der Waals surface area contributed by atoms with Crippen molar-refractivity contribution in [1.82, 2.24) is 9.88 Å². The van der Waals surface area contributed by atoms with Crippen LogP contribution in [0.25, 0.3) is 12.7 Å². The lowest BCUT2D eigenvalue weighted by Crippen LogP contribution is -2.42. The van der Waals surface area contributed by atoms with Gasteiger partial charge < -0.3 is 14.8 Å². The molecule has 0 atom stereocenters. The molecule has 5 heteroatoms. The molecular weight excluding hydrogens is 306 g/mol. The first kappa shape index (κ1) is 16.0. The SMILES string of the molecule is C=c1[nH]c(=O)c(=Cc2ccccc2N2CCC(N(C)C)CC2)s1. The third-order valence-electron chi connectivity index (χ3n) is 4.47. The van der Waals surface area contributed by atoms with Crippen LogP contribution in [-0.4, -0.2) is 43.1 Å². The molecule has 1 aliphatic heterocycles. The second kappa shape index (κ2) is 6.72. The van der Waals surface area contributed by atoms with Crippen LogP contribution in [0.15, 0.2) is 29.1 Å². The van der Waals surface area contributed by atoms with Crippen molar-refractivity contribution in [2.45, 2.75) is 18.9 Å². The van der Waals surface area contributed by atoms with Crippen LogP contribution in [-0.2, 0) is 0 Å². The maximum Gasteiger partial charge on any atom is 0.266 e. The van der Waals surface area contributed by atoms with Gasteiger partial charge in [-0.25, -0.2) is 0 Å². The fraction of sp³-hybridized carbons (Fsp3) is 0.389. The molecule has 1 aliphatic rings. The van der Waals surface area contributed by atoms with E-state index < -0.39 is 0 Å². The van der Waals surface area contributed by atoms with E-state index in [1.807, 2.05) is 12.1 Å². The number of rotatable bonds is 3. The van der Waals surface area contributed by atoms with Crippen molar-refractivity contribution < 1.29 is 0 Å². The van der Waals surface area contributed by atoms with Crippen molar-refractivity contribution in [3.05, 3.63) is 49.4 Å². The van der Waals surface area contributed by atoms with Gasteiger partial charge >= 0.3 is 0 Å². The zero-order valence-electron chi connectivity index (χ0n) is 13.7. The molecule has 0 amide bonds. The van der Waals surface area contributed by atoms with Crippen LogP contribution >= 0.6 is 11.3 Å². The molecular formula is C18H23N3OS. The fourth-order valence-electron chi connectivity index (χ4n) is 3.15. The summed E-state index contributed by atoms with van der Waals surface area (Å²) >= 11 is 1.41. The minimum Gasteiger partial charge on any atom is -0.371 e. The largest absolute Gasteiger partial charge is 0.371 e. The summed E-state index contributed by atoms with van der Waals surface area (Å²) in [5, 5.41) is 0. The maximum absolute atomic E-state index is 11.9. The Morgan fingerprint density at radius 1 is 1.30 bits per heavy atom. The predicted octanol–water partition coefficient (Wildman–Crippen LogP) is 1.21. The van der Waals surface area contributed by atoms with Gasteiger partial charge in [-0.2, -0.15) is 0 Å². The number of thiazole rings is 1. The van der Waals surface area contributed by atoms with Crippen LogP contribution in [0.3, 0.4) is 0 Å². The predicted molar refractivity (Wildman–Crippen MR) is 98.6 cm³/mol. The van der Waals surface area contributed by atoms with Crippen molar-refractivity contribution in [2.24, 2.45) is 0 Å². The Hall–Kier alpha value is -1.85.